The zero-order valence-corrected chi connectivity index (χ0v) is 13.7. The van der Waals surface area contributed by atoms with Crippen LogP contribution in [0.1, 0.15) is 29.8 Å². The van der Waals surface area contributed by atoms with E-state index in [9.17, 15) is 22.4 Å². The van der Waals surface area contributed by atoms with E-state index < -0.39 is 41.7 Å². The maximum atomic E-state index is 13.0. The number of hydrogen-bond donors (Lipinski definition) is 1. The Morgan fingerprint density at radius 1 is 1.25 bits per heavy atom. The van der Waals surface area contributed by atoms with E-state index in [4.69, 9.17) is 23.2 Å². The minimum Gasteiger partial charge on any atom is -0.324 e. The average molecular weight is 384 g/mol. The van der Waals surface area contributed by atoms with Gasteiger partial charge in [0.2, 0.25) is 5.91 Å². The number of aromatic nitrogens is 2. The van der Waals surface area contributed by atoms with Gasteiger partial charge in [0.05, 0.1) is 5.02 Å². The lowest BCUT2D eigenvalue weighted by Crippen LogP contribution is -2.21. The fourth-order valence-electron chi connectivity index (χ4n) is 2.00. The predicted octanol–water partition coefficient (Wildman–Crippen LogP) is 5.01. The van der Waals surface area contributed by atoms with E-state index in [1.54, 1.807) is 19.1 Å². The molecule has 4 nitrogen and oxygen atoms in total. The number of anilines is 1. The summed E-state index contributed by atoms with van der Waals surface area (Å²) in [4.78, 5) is 12.0. The van der Waals surface area contributed by atoms with E-state index in [-0.39, 0.29) is 0 Å². The molecule has 1 aromatic carbocycles. The topological polar surface area (TPSA) is 46.9 Å². The van der Waals surface area contributed by atoms with E-state index in [1.807, 2.05) is 0 Å². The van der Waals surface area contributed by atoms with Crippen LogP contribution in [0, 0.1) is 6.92 Å². The number of amides is 1. The van der Waals surface area contributed by atoms with Gasteiger partial charge in [0.1, 0.15) is 17.9 Å². The van der Waals surface area contributed by atoms with Crippen LogP contribution in [0.25, 0.3) is 0 Å². The predicted molar refractivity (Wildman–Crippen MR) is 82.0 cm³/mol. The van der Waals surface area contributed by atoms with Crippen LogP contribution in [0.4, 0.5) is 23.2 Å². The number of hydrogen-bond acceptors (Lipinski definition) is 2. The number of benzene rings is 1. The SMILES string of the molecule is Cc1ccc(Cl)cc1NC(=O)Cn1nc(C(F)F)c(Cl)c1C(F)F. The van der Waals surface area contributed by atoms with Crippen LogP contribution in [0.3, 0.4) is 0 Å². The molecule has 1 N–H and O–H groups in total. The Bertz CT molecular complexity index is 765. The summed E-state index contributed by atoms with van der Waals surface area (Å²) < 4.78 is 52.0. The van der Waals surface area contributed by atoms with Crippen LogP contribution in [-0.2, 0) is 11.3 Å². The highest BCUT2D eigenvalue weighted by Gasteiger charge is 2.28. The van der Waals surface area contributed by atoms with Gasteiger partial charge in [-0.15, -0.1) is 0 Å². The van der Waals surface area contributed by atoms with E-state index in [2.05, 4.69) is 10.4 Å². The summed E-state index contributed by atoms with van der Waals surface area (Å²) in [6.07, 6.45) is -6.28. The molecule has 1 amide bonds. The summed E-state index contributed by atoms with van der Waals surface area (Å²) in [5.41, 5.74) is -0.851. The van der Waals surface area contributed by atoms with Crippen molar-refractivity contribution in [3.8, 4) is 0 Å². The normalized spacial score (nSPS) is 11.4. The summed E-state index contributed by atoms with van der Waals surface area (Å²) in [7, 11) is 0. The fraction of sp³-hybridized carbons (Fsp3) is 0.286. The molecule has 130 valence electrons. The van der Waals surface area contributed by atoms with Gasteiger partial charge in [-0.2, -0.15) is 5.10 Å². The maximum Gasteiger partial charge on any atom is 0.283 e. The number of carbonyl (C=O) groups excluding carboxylic acids is 1. The lowest BCUT2D eigenvalue weighted by atomic mass is 10.2. The molecule has 24 heavy (non-hydrogen) atoms. The Hall–Kier alpha value is -1.80. The molecule has 0 aliphatic rings. The van der Waals surface area contributed by atoms with Crippen molar-refractivity contribution < 1.29 is 22.4 Å². The second kappa shape index (κ2) is 7.40. The number of nitrogens with zero attached hydrogens (tertiary/aromatic N) is 2. The van der Waals surface area contributed by atoms with Gasteiger partial charge in [0.15, 0.2) is 0 Å². The smallest absolute Gasteiger partial charge is 0.283 e. The maximum absolute atomic E-state index is 13.0. The second-order valence-electron chi connectivity index (χ2n) is 4.85. The van der Waals surface area contributed by atoms with Crippen molar-refractivity contribution >= 4 is 34.8 Å². The average Bonchev–Trinajstić information content (AvgIpc) is 2.79. The highest BCUT2D eigenvalue weighted by atomic mass is 35.5. The molecule has 0 aliphatic heterocycles. The van der Waals surface area contributed by atoms with Crippen LogP contribution in [-0.4, -0.2) is 15.7 Å². The third kappa shape index (κ3) is 3.99. The minimum absolute atomic E-state index is 0.367. The summed E-state index contributed by atoms with van der Waals surface area (Å²) in [6.45, 7) is 1.01. The lowest BCUT2D eigenvalue weighted by Gasteiger charge is -2.10. The van der Waals surface area contributed by atoms with E-state index >= 15 is 0 Å². The lowest BCUT2D eigenvalue weighted by molar-refractivity contribution is -0.117. The molecular formula is C14H11Cl2F4N3O. The summed E-state index contributed by atoms with van der Waals surface area (Å²) in [6, 6.07) is 4.75. The fourth-order valence-corrected chi connectivity index (χ4v) is 2.47. The van der Waals surface area contributed by atoms with Crippen molar-refractivity contribution in [3.05, 3.63) is 45.2 Å². The molecule has 0 saturated heterocycles. The van der Waals surface area contributed by atoms with Crippen LogP contribution >= 0.6 is 23.2 Å². The molecule has 0 aliphatic carbocycles. The number of carbonyl (C=O) groups is 1. The molecule has 0 spiro atoms. The van der Waals surface area contributed by atoms with E-state index in [0.29, 0.717) is 21.0 Å². The second-order valence-corrected chi connectivity index (χ2v) is 5.67. The molecule has 0 atom stereocenters. The van der Waals surface area contributed by atoms with E-state index in [0.717, 1.165) is 0 Å². The molecule has 0 unspecified atom stereocenters. The number of aryl methyl sites for hydroxylation is 1. The molecular weight excluding hydrogens is 373 g/mol. The Balaban J connectivity index is 2.25. The van der Waals surface area contributed by atoms with Crippen LogP contribution in [0.2, 0.25) is 10.0 Å². The van der Waals surface area contributed by atoms with Crippen LogP contribution in [0.15, 0.2) is 18.2 Å². The summed E-state index contributed by atoms with van der Waals surface area (Å²) >= 11 is 11.3. The van der Waals surface area contributed by atoms with Crippen LogP contribution < -0.4 is 5.32 Å². The molecule has 0 saturated carbocycles. The Kier molecular flexibility index (Phi) is 5.71. The minimum atomic E-state index is -3.15. The first kappa shape index (κ1) is 18.5. The first-order valence-electron chi connectivity index (χ1n) is 6.59. The first-order chi connectivity index (χ1) is 11.2. The zero-order valence-electron chi connectivity index (χ0n) is 12.2. The van der Waals surface area contributed by atoms with Crippen LogP contribution in [0.5, 0.6) is 0 Å². The standard InChI is InChI=1S/C14H11Cl2F4N3O/c1-6-2-3-7(15)4-8(6)21-9(24)5-23-12(14(19)20)10(16)11(22-23)13(17)18/h2-4,13-14H,5H2,1H3,(H,21,24). The van der Waals surface area contributed by atoms with Gasteiger partial charge >= 0.3 is 0 Å². The molecule has 2 aromatic rings. The monoisotopic (exact) mass is 383 g/mol. The van der Waals surface area contributed by atoms with E-state index in [1.165, 1.54) is 6.07 Å². The quantitative estimate of drug-likeness (QED) is 0.737. The molecule has 1 aromatic heterocycles. The highest BCUT2D eigenvalue weighted by Crippen LogP contribution is 2.34. The van der Waals surface area contributed by atoms with Gasteiger partial charge in [-0.25, -0.2) is 17.6 Å². The van der Waals surface area contributed by atoms with Crippen molar-refractivity contribution in [2.75, 3.05) is 5.32 Å². The molecule has 10 heteroatoms. The zero-order chi connectivity index (χ0) is 18.0. The number of halogens is 6. The Morgan fingerprint density at radius 2 is 1.92 bits per heavy atom. The van der Waals surface area contributed by atoms with Crippen molar-refractivity contribution in [1.82, 2.24) is 9.78 Å². The van der Waals surface area contributed by atoms with Crippen molar-refractivity contribution in [3.63, 3.8) is 0 Å². The third-order valence-electron chi connectivity index (χ3n) is 3.14. The molecule has 0 bridgehead atoms. The van der Waals surface area contributed by atoms with Crippen molar-refractivity contribution in [2.24, 2.45) is 0 Å². The molecule has 2 rings (SSSR count). The van der Waals surface area contributed by atoms with Gasteiger partial charge in [-0.3, -0.25) is 9.48 Å². The third-order valence-corrected chi connectivity index (χ3v) is 3.76. The summed E-state index contributed by atoms with van der Waals surface area (Å²) in [5, 5.41) is 5.31. The summed E-state index contributed by atoms with van der Waals surface area (Å²) in [5.74, 6) is -0.734. The largest absolute Gasteiger partial charge is 0.324 e. The van der Waals surface area contributed by atoms with Crippen molar-refractivity contribution in [2.45, 2.75) is 26.3 Å². The van der Waals surface area contributed by atoms with Gasteiger partial charge in [-0.1, -0.05) is 29.3 Å². The molecule has 0 radical (unpaired) electrons. The van der Waals surface area contributed by atoms with Gasteiger partial charge in [0, 0.05) is 10.7 Å². The Labute approximate surface area is 144 Å². The molecule has 0 fully saturated rings. The Morgan fingerprint density at radius 3 is 2.50 bits per heavy atom. The first-order valence-corrected chi connectivity index (χ1v) is 7.34. The number of rotatable bonds is 5. The number of alkyl halides is 4. The van der Waals surface area contributed by atoms with Crippen molar-refractivity contribution in [1.29, 1.82) is 0 Å². The van der Waals surface area contributed by atoms with Gasteiger partial charge < -0.3 is 5.32 Å². The molecule has 1 heterocycles. The number of nitrogens with one attached hydrogen (secondary N) is 1. The van der Waals surface area contributed by atoms with Gasteiger partial charge in [-0.05, 0) is 24.6 Å². The highest BCUT2D eigenvalue weighted by molar-refractivity contribution is 6.32. The van der Waals surface area contributed by atoms with Gasteiger partial charge in [0.25, 0.3) is 12.9 Å².